The number of hydrogen-bond donors (Lipinski definition) is 1. The Hall–Kier alpha value is -4.79. The van der Waals surface area contributed by atoms with Gasteiger partial charge in [0.2, 0.25) is 5.88 Å². The lowest BCUT2D eigenvalue weighted by Crippen LogP contribution is -2.07. The number of methoxy groups -OCH3 is 2. The molecule has 1 N–H and O–H groups in total. The highest BCUT2D eigenvalue weighted by atomic mass is 16.5. The topological polar surface area (TPSA) is 99.3 Å². The second-order valence-electron chi connectivity index (χ2n) is 8.99. The third-order valence-corrected chi connectivity index (χ3v) is 6.69. The number of rotatable bonds is 7. The number of hydrogen-bond acceptors (Lipinski definition) is 8. The van der Waals surface area contributed by atoms with Crippen molar-refractivity contribution in [3.8, 4) is 34.0 Å². The molecule has 0 amide bonds. The molecule has 9 heteroatoms. The van der Waals surface area contributed by atoms with Crippen LogP contribution in [0.1, 0.15) is 31.2 Å². The predicted molar refractivity (Wildman–Crippen MR) is 147 cm³/mol. The van der Waals surface area contributed by atoms with E-state index in [4.69, 9.17) is 19.6 Å². The van der Waals surface area contributed by atoms with Gasteiger partial charge >= 0.3 is 0 Å². The average molecular weight is 506 g/mol. The molecule has 1 aliphatic rings. The van der Waals surface area contributed by atoms with Crippen molar-refractivity contribution in [3.05, 3.63) is 78.8 Å². The molecule has 0 spiro atoms. The smallest absolute Gasteiger partial charge is 0.228 e. The Morgan fingerprint density at radius 3 is 2.39 bits per heavy atom. The quantitative estimate of drug-likeness (QED) is 0.289. The van der Waals surface area contributed by atoms with Crippen LogP contribution in [0.15, 0.2) is 73.2 Å². The number of anilines is 2. The Bertz CT molecular complexity index is 1600. The van der Waals surface area contributed by atoms with E-state index in [0.29, 0.717) is 17.5 Å². The number of allylic oxidation sites excluding steroid dienone is 2. The second kappa shape index (κ2) is 10.3. The van der Waals surface area contributed by atoms with Gasteiger partial charge in [0.15, 0.2) is 11.5 Å². The summed E-state index contributed by atoms with van der Waals surface area (Å²) in [6, 6.07) is 18.0. The van der Waals surface area contributed by atoms with E-state index in [1.165, 1.54) is 18.3 Å². The number of ether oxygens (including phenoxy) is 2. The highest BCUT2D eigenvalue weighted by Crippen LogP contribution is 2.43. The zero-order chi connectivity index (χ0) is 25.9. The Morgan fingerprint density at radius 2 is 1.71 bits per heavy atom. The van der Waals surface area contributed by atoms with Crippen LogP contribution in [0.3, 0.4) is 0 Å². The van der Waals surface area contributed by atoms with E-state index in [0.717, 1.165) is 58.6 Å². The lowest BCUT2D eigenvalue weighted by Gasteiger charge is -2.17. The predicted octanol–water partition coefficient (Wildman–Crippen LogP) is 5.97. The first-order valence-corrected chi connectivity index (χ1v) is 12.6. The first-order valence-electron chi connectivity index (χ1n) is 12.6. The van der Waals surface area contributed by atoms with Gasteiger partial charge in [0.1, 0.15) is 23.6 Å². The minimum atomic E-state index is 0.523. The van der Waals surface area contributed by atoms with Crippen LogP contribution in [0.2, 0.25) is 0 Å². The SMILES string of the molecule is COc1ccc(-c2c(Nc3cnncn3)nc3c(C4=CCCCC4)c(-c4ccccc4)nn3c2OC)cc1. The molecular weight excluding hydrogens is 478 g/mol. The summed E-state index contributed by atoms with van der Waals surface area (Å²) in [5.74, 6) is 2.42. The molecule has 0 fully saturated rings. The maximum absolute atomic E-state index is 6.06. The third kappa shape index (κ3) is 4.32. The Kier molecular flexibility index (Phi) is 6.39. The molecule has 2 aromatic carbocycles. The molecule has 190 valence electrons. The van der Waals surface area contributed by atoms with Crippen LogP contribution in [0, 0.1) is 0 Å². The van der Waals surface area contributed by atoms with E-state index < -0.39 is 0 Å². The van der Waals surface area contributed by atoms with Crippen LogP contribution in [0.25, 0.3) is 33.6 Å². The summed E-state index contributed by atoms with van der Waals surface area (Å²) in [7, 11) is 3.30. The van der Waals surface area contributed by atoms with E-state index in [1.54, 1.807) is 20.4 Å². The fourth-order valence-electron chi connectivity index (χ4n) is 4.90. The van der Waals surface area contributed by atoms with Crippen LogP contribution < -0.4 is 14.8 Å². The summed E-state index contributed by atoms with van der Waals surface area (Å²) in [6.45, 7) is 0. The van der Waals surface area contributed by atoms with Gasteiger partial charge in [-0.15, -0.1) is 5.10 Å². The molecule has 5 aromatic rings. The maximum atomic E-state index is 6.06. The normalized spacial score (nSPS) is 13.3. The third-order valence-electron chi connectivity index (χ3n) is 6.69. The van der Waals surface area contributed by atoms with E-state index in [-0.39, 0.29) is 0 Å². The van der Waals surface area contributed by atoms with Gasteiger partial charge in [0, 0.05) is 5.56 Å². The monoisotopic (exact) mass is 505 g/mol. The lowest BCUT2D eigenvalue weighted by atomic mass is 9.92. The minimum absolute atomic E-state index is 0.523. The van der Waals surface area contributed by atoms with E-state index in [2.05, 4.69) is 38.7 Å². The van der Waals surface area contributed by atoms with Gasteiger partial charge in [-0.05, 0) is 49.0 Å². The summed E-state index contributed by atoms with van der Waals surface area (Å²) in [5, 5.41) is 16.2. The van der Waals surface area contributed by atoms with Crippen LogP contribution in [0.5, 0.6) is 11.6 Å². The van der Waals surface area contributed by atoms with Gasteiger partial charge in [-0.1, -0.05) is 48.5 Å². The van der Waals surface area contributed by atoms with Crippen molar-refractivity contribution < 1.29 is 9.47 Å². The largest absolute Gasteiger partial charge is 0.497 e. The Labute approximate surface area is 220 Å². The maximum Gasteiger partial charge on any atom is 0.228 e. The highest BCUT2D eigenvalue weighted by molar-refractivity contribution is 5.91. The minimum Gasteiger partial charge on any atom is -0.497 e. The molecule has 3 heterocycles. The molecule has 0 bridgehead atoms. The Morgan fingerprint density at radius 1 is 0.868 bits per heavy atom. The van der Waals surface area contributed by atoms with Crippen molar-refractivity contribution in [2.75, 3.05) is 19.5 Å². The van der Waals surface area contributed by atoms with Crippen molar-refractivity contribution in [2.24, 2.45) is 0 Å². The molecule has 6 rings (SSSR count). The molecule has 0 radical (unpaired) electrons. The number of nitrogens with zero attached hydrogens (tertiary/aromatic N) is 6. The molecule has 0 aliphatic heterocycles. The number of aromatic nitrogens is 6. The van der Waals surface area contributed by atoms with Gasteiger partial charge in [0.05, 0.1) is 31.5 Å². The van der Waals surface area contributed by atoms with Crippen molar-refractivity contribution in [3.63, 3.8) is 0 Å². The first-order chi connectivity index (χ1) is 18.8. The fraction of sp³-hybridized carbons (Fsp3) is 0.207. The molecule has 0 saturated carbocycles. The first kappa shape index (κ1) is 23.6. The summed E-state index contributed by atoms with van der Waals surface area (Å²) in [4.78, 5) is 9.49. The summed E-state index contributed by atoms with van der Waals surface area (Å²) in [5.41, 5.74) is 6.54. The second-order valence-corrected chi connectivity index (χ2v) is 8.99. The summed E-state index contributed by atoms with van der Waals surface area (Å²) >= 11 is 0. The summed E-state index contributed by atoms with van der Waals surface area (Å²) in [6.07, 6.45) is 9.62. The van der Waals surface area contributed by atoms with Gasteiger partial charge in [0.25, 0.3) is 0 Å². The molecule has 0 atom stereocenters. The molecule has 3 aromatic heterocycles. The van der Waals surface area contributed by atoms with E-state index in [9.17, 15) is 0 Å². The fourth-order valence-corrected chi connectivity index (χ4v) is 4.90. The van der Waals surface area contributed by atoms with Gasteiger partial charge in [-0.3, -0.25) is 0 Å². The molecule has 38 heavy (non-hydrogen) atoms. The van der Waals surface area contributed by atoms with Crippen molar-refractivity contribution in [1.82, 2.24) is 29.8 Å². The van der Waals surface area contributed by atoms with Crippen molar-refractivity contribution >= 4 is 22.9 Å². The summed E-state index contributed by atoms with van der Waals surface area (Å²) < 4.78 is 13.3. The molecule has 0 unspecified atom stereocenters. The average Bonchev–Trinajstić information content (AvgIpc) is 3.37. The van der Waals surface area contributed by atoms with Gasteiger partial charge < -0.3 is 14.8 Å². The number of benzene rings is 2. The van der Waals surface area contributed by atoms with Crippen LogP contribution in [-0.2, 0) is 0 Å². The molecule has 0 saturated heterocycles. The molecular formula is C29H27N7O2. The molecule has 1 aliphatic carbocycles. The highest BCUT2D eigenvalue weighted by Gasteiger charge is 2.27. The number of fused-ring (bicyclic) bond motifs is 1. The Balaban J connectivity index is 1.66. The standard InChI is InChI=1S/C29H27N7O2/c1-37-22-15-13-20(14-16-22)25-27(33-23-17-31-32-18-30-23)34-28-24(19-9-5-3-6-10-19)26(21-11-7-4-8-12-21)35-36(28)29(25)38-2/h4,7-9,11-18H,3,5-6,10H2,1-2H3,(H,30,32,33,34). The lowest BCUT2D eigenvalue weighted by molar-refractivity contribution is 0.387. The van der Waals surface area contributed by atoms with Crippen LogP contribution in [-0.4, -0.2) is 44.0 Å². The van der Waals surface area contributed by atoms with E-state index >= 15 is 0 Å². The van der Waals surface area contributed by atoms with Gasteiger partial charge in [-0.2, -0.15) is 14.7 Å². The van der Waals surface area contributed by atoms with E-state index in [1.807, 2.05) is 47.0 Å². The van der Waals surface area contributed by atoms with Gasteiger partial charge in [-0.25, -0.2) is 9.97 Å². The molecule has 9 nitrogen and oxygen atoms in total. The van der Waals surface area contributed by atoms with Crippen LogP contribution >= 0.6 is 0 Å². The zero-order valence-electron chi connectivity index (χ0n) is 21.3. The number of nitrogens with one attached hydrogen (secondary N) is 1. The van der Waals surface area contributed by atoms with Crippen molar-refractivity contribution in [1.29, 1.82) is 0 Å². The van der Waals surface area contributed by atoms with Crippen LogP contribution in [0.4, 0.5) is 11.6 Å². The zero-order valence-corrected chi connectivity index (χ0v) is 21.3. The van der Waals surface area contributed by atoms with Crippen molar-refractivity contribution in [2.45, 2.75) is 25.7 Å².